The molecule has 0 unspecified atom stereocenters. The van der Waals surface area contributed by atoms with Crippen LogP contribution in [0.4, 0.5) is 0 Å². The topological polar surface area (TPSA) is 102 Å². The number of ether oxygens (including phenoxy) is 1. The molecule has 0 aliphatic rings. The molecule has 0 radical (unpaired) electrons. The largest absolute Gasteiger partial charge is 0.463 e. The summed E-state index contributed by atoms with van der Waals surface area (Å²) < 4.78 is 4.92. The Balaban J connectivity index is 4.68. The fraction of sp³-hybridized carbons (Fsp3) is 0.733. The van der Waals surface area contributed by atoms with Crippen molar-refractivity contribution in [2.45, 2.75) is 52.8 Å². The highest BCUT2D eigenvalue weighted by atomic mass is 16.5. The highest BCUT2D eigenvalue weighted by Gasteiger charge is 2.20. The molecule has 21 heavy (non-hydrogen) atoms. The minimum absolute atomic E-state index is 0.0432. The van der Waals surface area contributed by atoms with E-state index in [4.69, 9.17) is 10.5 Å². The van der Waals surface area contributed by atoms with Gasteiger partial charge >= 0.3 is 5.97 Å². The summed E-state index contributed by atoms with van der Waals surface area (Å²) in [5.41, 5.74) is 6.08. The summed E-state index contributed by atoms with van der Waals surface area (Å²) in [4.78, 5) is 23.4. The fourth-order valence-electron chi connectivity index (χ4n) is 1.67. The molecule has 0 aliphatic heterocycles. The number of hydrogen-bond donors (Lipinski definition) is 3. The van der Waals surface area contributed by atoms with Crippen LogP contribution in [0.15, 0.2) is 11.6 Å². The number of aliphatic hydroxyl groups is 1. The van der Waals surface area contributed by atoms with Gasteiger partial charge in [-0.15, -0.1) is 0 Å². The zero-order chi connectivity index (χ0) is 16.6. The predicted octanol–water partition coefficient (Wildman–Crippen LogP) is 0.387. The van der Waals surface area contributed by atoms with Gasteiger partial charge < -0.3 is 20.9 Å². The maximum atomic E-state index is 11.8. The lowest BCUT2D eigenvalue weighted by Gasteiger charge is -2.21. The lowest BCUT2D eigenvalue weighted by Crippen LogP contribution is -2.47. The van der Waals surface area contributed by atoms with E-state index in [1.165, 1.54) is 6.92 Å². The van der Waals surface area contributed by atoms with Crippen LogP contribution in [0.3, 0.4) is 0 Å². The number of Topliss-reactive ketones (excluding diaryl/α,β-unsaturated/α-hetero) is 1. The first kappa shape index (κ1) is 19.8. The van der Waals surface area contributed by atoms with Gasteiger partial charge in [-0.2, -0.15) is 0 Å². The number of carbonyl (C=O) groups is 2. The van der Waals surface area contributed by atoms with E-state index in [2.05, 4.69) is 5.32 Å². The van der Waals surface area contributed by atoms with Crippen molar-refractivity contribution in [1.82, 2.24) is 5.32 Å². The van der Waals surface area contributed by atoms with Crippen molar-refractivity contribution in [3.8, 4) is 0 Å². The second kappa shape index (κ2) is 9.65. The number of carbonyl (C=O) groups excluding carboxylic acids is 2. The van der Waals surface area contributed by atoms with Crippen LogP contribution in [-0.2, 0) is 14.3 Å². The normalized spacial score (nSPS) is 16.5. The van der Waals surface area contributed by atoms with Crippen molar-refractivity contribution in [2.24, 2.45) is 11.7 Å². The molecule has 6 heteroatoms. The molecule has 3 atom stereocenters. The Labute approximate surface area is 126 Å². The minimum Gasteiger partial charge on any atom is -0.463 e. The Morgan fingerprint density at radius 2 is 1.90 bits per heavy atom. The Kier molecular flexibility index (Phi) is 9.08. The Hall–Kier alpha value is -1.24. The molecule has 0 saturated carbocycles. The number of nitrogens with one attached hydrogen (secondary N) is 1. The second-order valence-electron chi connectivity index (χ2n) is 5.45. The maximum absolute atomic E-state index is 11.8. The first-order valence-corrected chi connectivity index (χ1v) is 7.25. The van der Waals surface area contributed by atoms with E-state index in [1.54, 1.807) is 19.9 Å². The van der Waals surface area contributed by atoms with E-state index >= 15 is 0 Å². The van der Waals surface area contributed by atoms with E-state index in [9.17, 15) is 14.7 Å². The standard InChI is InChI=1S/C15H28N2O4/c1-6-21-15(20)10(4)7-12(9(2)3)17-8-13(19)14(16)11(5)18/h7,9,11-12,14,17-18H,6,8,16H2,1-5H3/t11-,12+,14-/m0/s1. The third-order valence-electron chi connectivity index (χ3n) is 3.15. The Morgan fingerprint density at radius 3 is 2.33 bits per heavy atom. The molecule has 0 aromatic rings. The van der Waals surface area contributed by atoms with Gasteiger partial charge in [0.15, 0.2) is 5.78 Å². The minimum atomic E-state index is -0.902. The van der Waals surface area contributed by atoms with Crippen LogP contribution < -0.4 is 11.1 Å². The van der Waals surface area contributed by atoms with Crippen molar-refractivity contribution >= 4 is 11.8 Å². The summed E-state index contributed by atoms with van der Waals surface area (Å²) >= 11 is 0. The third-order valence-corrected chi connectivity index (χ3v) is 3.15. The predicted molar refractivity (Wildman–Crippen MR) is 81.7 cm³/mol. The van der Waals surface area contributed by atoms with Crippen molar-refractivity contribution in [3.63, 3.8) is 0 Å². The summed E-state index contributed by atoms with van der Waals surface area (Å²) in [6, 6.07) is -1.06. The van der Waals surface area contributed by atoms with Crippen LogP contribution in [0, 0.1) is 5.92 Å². The number of rotatable bonds is 9. The lowest BCUT2D eigenvalue weighted by molar-refractivity contribution is -0.138. The molecule has 122 valence electrons. The Bertz CT molecular complexity index is 378. The molecular formula is C15H28N2O4. The van der Waals surface area contributed by atoms with Crippen LogP contribution in [0.25, 0.3) is 0 Å². The van der Waals surface area contributed by atoms with Gasteiger partial charge in [0.2, 0.25) is 0 Å². The van der Waals surface area contributed by atoms with Crippen LogP contribution >= 0.6 is 0 Å². The molecule has 0 heterocycles. The van der Waals surface area contributed by atoms with Gasteiger partial charge in [0.05, 0.1) is 25.3 Å². The zero-order valence-electron chi connectivity index (χ0n) is 13.6. The molecule has 0 spiro atoms. The highest BCUT2D eigenvalue weighted by Crippen LogP contribution is 2.08. The average molecular weight is 300 g/mol. The molecular weight excluding hydrogens is 272 g/mol. The smallest absolute Gasteiger partial charge is 0.333 e. The molecule has 0 aromatic heterocycles. The van der Waals surface area contributed by atoms with E-state index in [1.807, 2.05) is 13.8 Å². The molecule has 0 aromatic carbocycles. The molecule has 0 bridgehead atoms. The summed E-state index contributed by atoms with van der Waals surface area (Å²) in [5, 5.41) is 12.4. The van der Waals surface area contributed by atoms with Crippen LogP contribution in [0.2, 0.25) is 0 Å². The quantitative estimate of drug-likeness (QED) is 0.420. The molecule has 0 aliphatic carbocycles. The highest BCUT2D eigenvalue weighted by molar-refractivity contribution is 5.88. The van der Waals surface area contributed by atoms with Crippen LogP contribution in [0.5, 0.6) is 0 Å². The number of hydrogen-bond acceptors (Lipinski definition) is 6. The Morgan fingerprint density at radius 1 is 1.33 bits per heavy atom. The lowest BCUT2D eigenvalue weighted by atomic mass is 10.0. The third kappa shape index (κ3) is 7.36. The summed E-state index contributed by atoms with van der Waals surface area (Å²) in [6.07, 6.45) is 0.873. The summed E-state index contributed by atoms with van der Waals surface area (Å²) in [5.74, 6) is -0.445. The fourth-order valence-corrected chi connectivity index (χ4v) is 1.67. The zero-order valence-corrected chi connectivity index (χ0v) is 13.6. The molecule has 6 nitrogen and oxygen atoms in total. The van der Waals surface area contributed by atoms with E-state index in [0.717, 1.165) is 0 Å². The van der Waals surface area contributed by atoms with Crippen molar-refractivity contribution in [1.29, 1.82) is 0 Å². The van der Waals surface area contributed by atoms with E-state index in [-0.39, 0.29) is 30.3 Å². The number of nitrogens with two attached hydrogens (primary N) is 1. The van der Waals surface area contributed by atoms with Gasteiger partial charge in [-0.1, -0.05) is 19.9 Å². The monoisotopic (exact) mass is 300 g/mol. The van der Waals surface area contributed by atoms with Crippen molar-refractivity contribution in [2.75, 3.05) is 13.2 Å². The first-order valence-electron chi connectivity index (χ1n) is 7.25. The number of esters is 1. The summed E-state index contributed by atoms with van der Waals surface area (Å²) in [6.45, 7) is 9.23. The first-order chi connectivity index (χ1) is 9.70. The molecule has 0 rings (SSSR count). The molecule has 0 saturated heterocycles. The van der Waals surface area contributed by atoms with Gasteiger partial charge in [-0.3, -0.25) is 4.79 Å². The van der Waals surface area contributed by atoms with Crippen LogP contribution in [0.1, 0.15) is 34.6 Å². The molecule has 4 N–H and O–H groups in total. The van der Waals surface area contributed by atoms with Gasteiger partial charge in [-0.05, 0) is 26.7 Å². The van der Waals surface area contributed by atoms with E-state index in [0.29, 0.717) is 12.2 Å². The van der Waals surface area contributed by atoms with Crippen LogP contribution in [-0.4, -0.2) is 48.2 Å². The van der Waals surface area contributed by atoms with Gasteiger partial charge in [0.1, 0.15) is 0 Å². The molecule has 0 amide bonds. The van der Waals surface area contributed by atoms with Gasteiger partial charge in [-0.25, -0.2) is 4.79 Å². The van der Waals surface area contributed by atoms with Crippen molar-refractivity contribution in [3.05, 3.63) is 11.6 Å². The summed E-state index contributed by atoms with van der Waals surface area (Å²) in [7, 11) is 0. The van der Waals surface area contributed by atoms with Gasteiger partial charge in [0.25, 0.3) is 0 Å². The van der Waals surface area contributed by atoms with E-state index < -0.39 is 12.1 Å². The number of aliphatic hydroxyl groups excluding tert-OH is 1. The van der Waals surface area contributed by atoms with Crippen molar-refractivity contribution < 1.29 is 19.4 Å². The average Bonchev–Trinajstić information content (AvgIpc) is 2.41. The molecule has 0 fully saturated rings. The maximum Gasteiger partial charge on any atom is 0.333 e. The number of ketones is 1. The SMILES string of the molecule is CCOC(=O)C(C)=C[C@@H](NCC(=O)[C@@H](N)[C@H](C)O)C(C)C. The second-order valence-corrected chi connectivity index (χ2v) is 5.45. The van der Waals surface area contributed by atoms with Gasteiger partial charge in [0, 0.05) is 11.6 Å².